The molecule has 1 aliphatic heterocycles. The Morgan fingerprint density at radius 3 is 2.57 bits per heavy atom. The Kier molecular flexibility index (Phi) is 6.65. The van der Waals surface area contributed by atoms with Crippen molar-refractivity contribution in [2.24, 2.45) is 4.99 Å². The number of carbonyl (C=O) groups excluding carboxylic acids is 1. The minimum absolute atomic E-state index is 0.132. The Morgan fingerprint density at radius 1 is 1.14 bits per heavy atom. The number of rotatable bonds is 6. The standard InChI is InChI=1S/C20H16BrCl2NO4/c1-3-26-17-9-11(7-14(21)18(17)27-4-2)8-16-20(25)28-19(24-16)13-6-5-12(22)10-15(13)23/h5-10H,3-4H2,1-2H3/b16-8-. The van der Waals surface area contributed by atoms with Crippen LogP contribution in [0, 0.1) is 0 Å². The molecular weight excluding hydrogens is 469 g/mol. The maximum Gasteiger partial charge on any atom is 0.363 e. The van der Waals surface area contributed by atoms with Gasteiger partial charge in [0.15, 0.2) is 17.2 Å². The number of halogens is 3. The van der Waals surface area contributed by atoms with Gasteiger partial charge in [0.1, 0.15) is 0 Å². The SMILES string of the molecule is CCOc1cc(/C=C2\N=C(c3ccc(Cl)cc3Cl)OC2=O)cc(Br)c1OCC. The zero-order valence-corrected chi connectivity index (χ0v) is 18.2. The molecule has 8 heteroatoms. The summed E-state index contributed by atoms with van der Waals surface area (Å²) in [5.41, 5.74) is 1.35. The fourth-order valence-electron chi connectivity index (χ4n) is 2.56. The first-order valence-electron chi connectivity index (χ1n) is 8.50. The Balaban J connectivity index is 1.98. The van der Waals surface area contributed by atoms with Crippen LogP contribution in [0.4, 0.5) is 0 Å². The topological polar surface area (TPSA) is 57.1 Å². The van der Waals surface area contributed by atoms with E-state index >= 15 is 0 Å². The fourth-order valence-corrected chi connectivity index (χ4v) is 3.63. The normalized spacial score (nSPS) is 14.8. The molecule has 3 rings (SSSR count). The van der Waals surface area contributed by atoms with Crippen molar-refractivity contribution in [3.8, 4) is 11.5 Å². The van der Waals surface area contributed by atoms with Crippen molar-refractivity contribution >= 4 is 57.1 Å². The lowest BCUT2D eigenvalue weighted by atomic mass is 10.1. The number of ether oxygens (including phenoxy) is 3. The number of carbonyl (C=O) groups is 1. The lowest BCUT2D eigenvalue weighted by Crippen LogP contribution is -2.06. The van der Waals surface area contributed by atoms with Crippen molar-refractivity contribution < 1.29 is 19.0 Å². The van der Waals surface area contributed by atoms with E-state index in [1.807, 2.05) is 19.9 Å². The average molecular weight is 485 g/mol. The van der Waals surface area contributed by atoms with E-state index in [-0.39, 0.29) is 11.6 Å². The Labute approximate surface area is 181 Å². The van der Waals surface area contributed by atoms with Crippen molar-refractivity contribution in [3.05, 3.63) is 61.7 Å². The van der Waals surface area contributed by atoms with Gasteiger partial charge in [0.05, 0.1) is 28.3 Å². The molecule has 0 spiro atoms. The van der Waals surface area contributed by atoms with E-state index in [1.165, 1.54) is 0 Å². The molecule has 28 heavy (non-hydrogen) atoms. The van der Waals surface area contributed by atoms with Crippen LogP contribution in [0.2, 0.25) is 10.0 Å². The Bertz CT molecular complexity index is 988. The third-order valence-corrected chi connectivity index (χ3v) is 4.84. The molecule has 146 valence electrons. The van der Waals surface area contributed by atoms with Gasteiger partial charge in [-0.3, -0.25) is 0 Å². The largest absolute Gasteiger partial charge is 0.490 e. The minimum Gasteiger partial charge on any atom is -0.490 e. The monoisotopic (exact) mass is 483 g/mol. The van der Waals surface area contributed by atoms with Crippen molar-refractivity contribution in [3.63, 3.8) is 0 Å². The average Bonchev–Trinajstić information content (AvgIpc) is 2.98. The van der Waals surface area contributed by atoms with Gasteiger partial charge in [-0.25, -0.2) is 9.79 Å². The number of nitrogens with zero attached hydrogens (tertiary/aromatic N) is 1. The van der Waals surface area contributed by atoms with E-state index in [2.05, 4.69) is 20.9 Å². The highest BCUT2D eigenvalue weighted by Crippen LogP contribution is 2.38. The molecule has 0 N–H and O–H groups in total. The molecule has 0 fully saturated rings. The number of hydrogen-bond donors (Lipinski definition) is 0. The van der Waals surface area contributed by atoms with E-state index in [4.69, 9.17) is 37.4 Å². The molecule has 1 aliphatic rings. The highest BCUT2D eigenvalue weighted by molar-refractivity contribution is 9.10. The minimum atomic E-state index is -0.566. The predicted molar refractivity (Wildman–Crippen MR) is 114 cm³/mol. The van der Waals surface area contributed by atoms with Crippen molar-refractivity contribution in [1.29, 1.82) is 0 Å². The van der Waals surface area contributed by atoms with Gasteiger partial charge in [0.25, 0.3) is 0 Å². The smallest absolute Gasteiger partial charge is 0.363 e. The van der Waals surface area contributed by atoms with Crippen LogP contribution < -0.4 is 9.47 Å². The summed E-state index contributed by atoms with van der Waals surface area (Å²) in [6, 6.07) is 8.46. The van der Waals surface area contributed by atoms with Gasteiger partial charge in [-0.05, 0) is 71.7 Å². The van der Waals surface area contributed by atoms with Gasteiger partial charge in [0.2, 0.25) is 5.90 Å². The summed E-state index contributed by atoms with van der Waals surface area (Å²) in [7, 11) is 0. The van der Waals surface area contributed by atoms with Crippen LogP contribution in [-0.4, -0.2) is 25.1 Å². The fraction of sp³-hybridized carbons (Fsp3) is 0.200. The van der Waals surface area contributed by atoms with Crippen LogP contribution in [0.15, 0.2) is 45.5 Å². The molecule has 0 aromatic heterocycles. The number of benzene rings is 2. The van der Waals surface area contributed by atoms with Gasteiger partial charge in [0, 0.05) is 5.02 Å². The lowest BCUT2D eigenvalue weighted by molar-refractivity contribution is -0.129. The molecule has 2 aromatic carbocycles. The van der Waals surface area contributed by atoms with Crippen LogP contribution in [0.1, 0.15) is 25.0 Å². The first kappa shape index (κ1) is 20.7. The third kappa shape index (κ3) is 4.51. The molecule has 0 unspecified atom stereocenters. The van der Waals surface area contributed by atoms with Gasteiger partial charge in [-0.15, -0.1) is 0 Å². The van der Waals surface area contributed by atoms with E-state index in [0.29, 0.717) is 50.4 Å². The van der Waals surface area contributed by atoms with Crippen LogP contribution >= 0.6 is 39.1 Å². The molecule has 0 saturated carbocycles. The molecule has 0 aliphatic carbocycles. The summed E-state index contributed by atoms with van der Waals surface area (Å²) in [6.45, 7) is 4.76. The Hall–Kier alpha value is -2.02. The predicted octanol–water partition coefficient (Wildman–Crippen LogP) is 5.90. The molecule has 0 saturated heterocycles. The molecule has 0 radical (unpaired) electrons. The zero-order valence-electron chi connectivity index (χ0n) is 15.1. The third-order valence-electron chi connectivity index (χ3n) is 3.71. The number of cyclic esters (lactones) is 1. The quantitative estimate of drug-likeness (QED) is 0.378. The molecule has 0 atom stereocenters. The second-order valence-electron chi connectivity index (χ2n) is 5.66. The van der Waals surface area contributed by atoms with E-state index in [0.717, 1.165) is 0 Å². The summed E-state index contributed by atoms with van der Waals surface area (Å²) < 4.78 is 17.3. The zero-order chi connectivity index (χ0) is 20.3. The van der Waals surface area contributed by atoms with Gasteiger partial charge in [-0.2, -0.15) is 0 Å². The molecule has 0 bridgehead atoms. The van der Waals surface area contributed by atoms with Crippen molar-refractivity contribution in [2.45, 2.75) is 13.8 Å². The molecule has 0 amide bonds. The summed E-state index contributed by atoms with van der Waals surface area (Å²) in [5, 5.41) is 0.833. The highest BCUT2D eigenvalue weighted by atomic mass is 79.9. The van der Waals surface area contributed by atoms with Crippen LogP contribution in [0.25, 0.3) is 6.08 Å². The van der Waals surface area contributed by atoms with Crippen molar-refractivity contribution in [2.75, 3.05) is 13.2 Å². The molecule has 5 nitrogen and oxygen atoms in total. The second-order valence-corrected chi connectivity index (χ2v) is 7.35. The molecule has 1 heterocycles. The number of aliphatic imine (C=N–C) groups is 1. The molecular formula is C20H16BrCl2NO4. The van der Waals surface area contributed by atoms with Gasteiger partial charge >= 0.3 is 5.97 Å². The van der Waals surface area contributed by atoms with Crippen LogP contribution in [0.3, 0.4) is 0 Å². The summed E-state index contributed by atoms with van der Waals surface area (Å²) >= 11 is 15.6. The van der Waals surface area contributed by atoms with Crippen LogP contribution in [-0.2, 0) is 9.53 Å². The summed E-state index contributed by atoms with van der Waals surface area (Å²) in [5.74, 6) is 0.747. The highest BCUT2D eigenvalue weighted by Gasteiger charge is 2.26. The molecule has 2 aromatic rings. The van der Waals surface area contributed by atoms with Crippen LogP contribution in [0.5, 0.6) is 11.5 Å². The first-order valence-corrected chi connectivity index (χ1v) is 10.0. The lowest BCUT2D eigenvalue weighted by Gasteiger charge is -2.13. The summed E-state index contributed by atoms with van der Waals surface area (Å²) in [6.07, 6.45) is 1.61. The Morgan fingerprint density at radius 2 is 1.89 bits per heavy atom. The van der Waals surface area contributed by atoms with Gasteiger partial charge in [-0.1, -0.05) is 23.2 Å². The van der Waals surface area contributed by atoms with E-state index in [1.54, 1.807) is 30.3 Å². The number of esters is 1. The maximum absolute atomic E-state index is 12.3. The second kappa shape index (κ2) is 8.99. The van der Waals surface area contributed by atoms with Gasteiger partial charge < -0.3 is 14.2 Å². The summed E-state index contributed by atoms with van der Waals surface area (Å²) in [4.78, 5) is 16.5. The van der Waals surface area contributed by atoms with E-state index < -0.39 is 5.97 Å². The maximum atomic E-state index is 12.3. The first-order chi connectivity index (χ1) is 13.4. The van der Waals surface area contributed by atoms with E-state index in [9.17, 15) is 4.79 Å². The van der Waals surface area contributed by atoms with Crippen molar-refractivity contribution in [1.82, 2.24) is 0 Å². The number of hydrogen-bond acceptors (Lipinski definition) is 5.